The molecule has 0 unspecified atom stereocenters. The summed E-state index contributed by atoms with van der Waals surface area (Å²) < 4.78 is 0. The first-order chi connectivity index (χ1) is 9.24. The van der Waals surface area contributed by atoms with E-state index in [0.29, 0.717) is 5.92 Å². The summed E-state index contributed by atoms with van der Waals surface area (Å²) in [4.78, 5) is 0. The first kappa shape index (κ1) is 11.5. The molecule has 0 heterocycles. The number of benzene rings is 1. The number of nitriles is 1. The summed E-state index contributed by atoms with van der Waals surface area (Å²) in [6.07, 6.45) is 7.21. The molecule has 0 amide bonds. The zero-order valence-electron chi connectivity index (χ0n) is 11.6. The molecule has 0 aliphatic heterocycles. The van der Waals surface area contributed by atoms with Crippen molar-refractivity contribution in [3.8, 4) is 6.07 Å². The van der Waals surface area contributed by atoms with Gasteiger partial charge in [-0.3, -0.25) is 0 Å². The van der Waals surface area contributed by atoms with Crippen molar-refractivity contribution < 1.29 is 0 Å². The van der Waals surface area contributed by atoms with E-state index in [1.54, 1.807) is 0 Å². The topological polar surface area (TPSA) is 23.8 Å². The molecule has 0 radical (unpaired) electrons. The Hall–Kier alpha value is -1.29. The van der Waals surface area contributed by atoms with E-state index in [1.807, 2.05) is 6.07 Å². The van der Waals surface area contributed by atoms with Crippen molar-refractivity contribution in [1.29, 1.82) is 5.26 Å². The minimum Gasteiger partial charge on any atom is -0.192 e. The Morgan fingerprint density at radius 1 is 1.00 bits per heavy atom. The third kappa shape index (κ3) is 1.73. The number of nitrogens with zero attached hydrogens (tertiary/aromatic N) is 1. The molecule has 4 aliphatic rings. The molecule has 0 N–H and O–H groups in total. The Morgan fingerprint density at radius 3 is 2.21 bits per heavy atom. The average Bonchev–Trinajstić information content (AvgIpc) is 2.37. The molecule has 1 nitrogen and oxygen atoms in total. The van der Waals surface area contributed by atoms with Gasteiger partial charge < -0.3 is 0 Å². The van der Waals surface area contributed by atoms with Gasteiger partial charge in [-0.15, -0.1) is 0 Å². The van der Waals surface area contributed by atoms with Crippen molar-refractivity contribution in [2.45, 2.75) is 44.9 Å². The lowest BCUT2D eigenvalue weighted by atomic mass is 9.50. The maximum atomic E-state index is 9.41. The van der Waals surface area contributed by atoms with Gasteiger partial charge in [0.15, 0.2) is 0 Å². The maximum absolute atomic E-state index is 9.41. The van der Waals surface area contributed by atoms with Gasteiger partial charge in [0, 0.05) is 0 Å². The predicted octanol–water partition coefficient (Wildman–Crippen LogP) is 4.41. The molecule has 0 saturated heterocycles. The summed E-state index contributed by atoms with van der Waals surface area (Å²) in [5.41, 5.74) is 3.61. The van der Waals surface area contributed by atoms with E-state index in [4.69, 9.17) is 0 Å². The summed E-state index contributed by atoms with van der Waals surface area (Å²) in [5, 5.41) is 9.41. The van der Waals surface area contributed by atoms with Crippen LogP contribution in [0.25, 0.3) is 0 Å². The fourth-order valence-electron chi connectivity index (χ4n) is 5.49. The number of hydrogen-bond donors (Lipinski definition) is 0. The van der Waals surface area contributed by atoms with Crippen LogP contribution in [0.1, 0.15) is 54.7 Å². The summed E-state index contributed by atoms with van der Waals surface area (Å²) in [6, 6.07) is 8.85. The van der Waals surface area contributed by atoms with E-state index in [0.717, 1.165) is 29.2 Å². The second-order valence-electron chi connectivity index (χ2n) is 7.16. The van der Waals surface area contributed by atoms with Crippen LogP contribution >= 0.6 is 0 Å². The normalized spacial score (nSPS) is 39.3. The lowest BCUT2D eigenvalue weighted by Gasteiger charge is -2.54. The number of hydrogen-bond acceptors (Lipinski definition) is 1. The van der Waals surface area contributed by atoms with Crippen LogP contribution in [-0.2, 0) is 0 Å². The molecular formula is C18H21N. The molecule has 1 aromatic carbocycles. The van der Waals surface area contributed by atoms with Gasteiger partial charge in [-0.1, -0.05) is 17.7 Å². The van der Waals surface area contributed by atoms with Gasteiger partial charge in [-0.25, -0.2) is 0 Å². The van der Waals surface area contributed by atoms with E-state index in [9.17, 15) is 5.26 Å². The van der Waals surface area contributed by atoms with Crippen molar-refractivity contribution in [1.82, 2.24) is 0 Å². The van der Waals surface area contributed by atoms with E-state index in [-0.39, 0.29) is 0 Å². The van der Waals surface area contributed by atoms with Crippen LogP contribution in [0.2, 0.25) is 0 Å². The van der Waals surface area contributed by atoms with Gasteiger partial charge in [0.25, 0.3) is 0 Å². The fourth-order valence-corrected chi connectivity index (χ4v) is 5.49. The Kier molecular flexibility index (Phi) is 2.49. The first-order valence-corrected chi connectivity index (χ1v) is 7.75. The molecule has 4 bridgehead atoms. The molecule has 98 valence electrons. The molecule has 1 aromatic rings. The van der Waals surface area contributed by atoms with E-state index in [2.05, 4.69) is 25.1 Å². The van der Waals surface area contributed by atoms with Gasteiger partial charge in [0.1, 0.15) is 0 Å². The Balaban J connectivity index is 1.77. The molecule has 4 aliphatic carbocycles. The van der Waals surface area contributed by atoms with Crippen molar-refractivity contribution in [3.63, 3.8) is 0 Å². The molecule has 4 saturated carbocycles. The molecule has 1 heteroatoms. The molecule has 0 aromatic heterocycles. The van der Waals surface area contributed by atoms with Crippen molar-refractivity contribution >= 4 is 0 Å². The zero-order chi connectivity index (χ0) is 13.0. The molecule has 0 spiro atoms. The highest BCUT2D eigenvalue weighted by Crippen LogP contribution is 2.60. The van der Waals surface area contributed by atoms with Crippen molar-refractivity contribution in [3.05, 3.63) is 34.9 Å². The highest BCUT2D eigenvalue weighted by molar-refractivity contribution is 5.43. The van der Waals surface area contributed by atoms with Crippen molar-refractivity contribution in [2.75, 3.05) is 0 Å². The number of aryl methyl sites for hydroxylation is 1. The highest BCUT2D eigenvalue weighted by Gasteiger charge is 2.48. The van der Waals surface area contributed by atoms with Crippen LogP contribution in [0, 0.1) is 41.9 Å². The van der Waals surface area contributed by atoms with Gasteiger partial charge in [0.2, 0.25) is 0 Å². The predicted molar refractivity (Wildman–Crippen MR) is 75.7 cm³/mol. The minimum absolute atomic E-state index is 0.683. The quantitative estimate of drug-likeness (QED) is 0.725. The average molecular weight is 251 g/mol. The molecule has 19 heavy (non-hydrogen) atoms. The second-order valence-corrected chi connectivity index (χ2v) is 7.16. The molecular weight excluding hydrogens is 230 g/mol. The molecule has 0 atom stereocenters. The molecule has 4 fully saturated rings. The summed E-state index contributed by atoms with van der Waals surface area (Å²) in [7, 11) is 0. The van der Waals surface area contributed by atoms with Crippen LogP contribution < -0.4 is 0 Å². The highest BCUT2D eigenvalue weighted by atomic mass is 14.5. The third-order valence-electron chi connectivity index (χ3n) is 5.91. The van der Waals surface area contributed by atoms with Crippen LogP contribution in [0.3, 0.4) is 0 Å². The number of rotatable bonds is 1. The van der Waals surface area contributed by atoms with E-state index in [1.165, 1.54) is 43.2 Å². The first-order valence-electron chi connectivity index (χ1n) is 7.75. The molecule has 5 rings (SSSR count). The van der Waals surface area contributed by atoms with Crippen LogP contribution in [0.5, 0.6) is 0 Å². The van der Waals surface area contributed by atoms with Crippen LogP contribution in [0.15, 0.2) is 18.2 Å². The second kappa shape index (κ2) is 4.10. The maximum Gasteiger partial charge on any atom is 0.0994 e. The fraction of sp³-hybridized carbons (Fsp3) is 0.611. The summed E-state index contributed by atoms with van der Waals surface area (Å²) in [6.45, 7) is 2.15. The third-order valence-corrected chi connectivity index (χ3v) is 5.91. The Bertz CT molecular complexity index is 523. The van der Waals surface area contributed by atoms with Gasteiger partial charge in [-0.2, -0.15) is 5.26 Å². The van der Waals surface area contributed by atoms with Gasteiger partial charge in [0.05, 0.1) is 11.6 Å². The smallest absolute Gasteiger partial charge is 0.0994 e. The summed E-state index contributed by atoms with van der Waals surface area (Å²) in [5.74, 6) is 4.43. The minimum atomic E-state index is 0.683. The van der Waals surface area contributed by atoms with E-state index >= 15 is 0 Å². The van der Waals surface area contributed by atoms with Crippen molar-refractivity contribution in [2.24, 2.45) is 23.7 Å². The van der Waals surface area contributed by atoms with Crippen LogP contribution in [-0.4, -0.2) is 0 Å². The summed E-state index contributed by atoms with van der Waals surface area (Å²) >= 11 is 0. The zero-order valence-corrected chi connectivity index (χ0v) is 11.6. The SMILES string of the molecule is Cc1ccc(C#N)c(C2C3CC4CC(C3)CC2C4)c1. The Morgan fingerprint density at radius 2 is 1.63 bits per heavy atom. The standard InChI is InChI=1S/C18H21N/c1-11-2-3-14(10-19)17(4-11)18-15-6-12-5-13(8-15)9-16(18)7-12/h2-4,12-13,15-16,18H,5-9H2,1H3. The van der Waals surface area contributed by atoms with Gasteiger partial charge >= 0.3 is 0 Å². The van der Waals surface area contributed by atoms with E-state index < -0.39 is 0 Å². The Labute approximate surface area is 115 Å². The lowest BCUT2D eigenvalue weighted by Crippen LogP contribution is -2.44. The van der Waals surface area contributed by atoms with Crippen LogP contribution in [0.4, 0.5) is 0 Å². The lowest BCUT2D eigenvalue weighted by molar-refractivity contribution is -0.00287. The largest absolute Gasteiger partial charge is 0.192 e. The van der Waals surface area contributed by atoms with Gasteiger partial charge in [-0.05, 0) is 80.2 Å². The monoisotopic (exact) mass is 251 g/mol.